The van der Waals surface area contributed by atoms with Crippen LogP contribution in [0.2, 0.25) is 10.0 Å². The van der Waals surface area contributed by atoms with Crippen LogP contribution in [0, 0.1) is 0 Å². The van der Waals surface area contributed by atoms with Crippen LogP contribution in [0.1, 0.15) is 31.4 Å². The Balaban J connectivity index is 1.98. The van der Waals surface area contributed by atoms with Crippen molar-refractivity contribution in [1.29, 1.82) is 0 Å². The molecule has 178 valence electrons. The molecule has 0 aromatic heterocycles. The highest BCUT2D eigenvalue weighted by atomic mass is 35.5. The Bertz CT molecular complexity index is 962. The van der Waals surface area contributed by atoms with Crippen molar-refractivity contribution in [2.45, 2.75) is 33.0 Å². The Morgan fingerprint density at radius 1 is 1.09 bits per heavy atom. The predicted octanol–water partition coefficient (Wildman–Crippen LogP) is 3.96. The van der Waals surface area contributed by atoms with E-state index in [1.165, 1.54) is 13.3 Å². The van der Waals surface area contributed by atoms with Crippen molar-refractivity contribution in [2.24, 2.45) is 5.10 Å². The summed E-state index contributed by atoms with van der Waals surface area (Å²) in [6, 6.07) is 10.4. The number of halogens is 2. The van der Waals surface area contributed by atoms with E-state index in [-0.39, 0.29) is 12.7 Å². The number of para-hydroxylation sites is 1. The molecule has 2 N–H and O–H groups in total. The number of amides is 2. The number of hydrogen-bond acceptors (Lipinski definition) is 6. The topological polar surface area (TPSA) is 98.2 Å². The molecule has 0 aliphatic rings. The quantitative estimate of drug-likeness (QED) is 0.212. The van der Waals surface area contributed by atoms with Gasteiger partial charge in [0.1, 0.15) is 6.61 Å². The molecule has 0 fully saturated rings. The van der Waals surface area contributed by atoms with Gasteiger partial charge in [0.05, 0.1) is 19.4 Å². The second-order valence-corrected chi connectivity index (χ2v) is 7.91. The molecular weight excluding hydrogens is 469 g/mol. The van der Waals surface area contributed by atoms with Gasteiger partial charge in [-0.3, -0.25) is 9.59 Å². The number of hydrogen-bond donors (Lipinski definition) is 2. The number of rotatable bonds is 11. The van der Waals surface area contributed by atoms with E-state index >= 15 is 0 Å². The van der Waals surface area contributed by atoms with Crippen molar-refractivity contribution in [3.05, 3.63) is 57.6 Å². The Hall–Kier alpha value is -2.81. The number of carbonyl (C=O) groups excluding carboxylic acids is 2. The largest absolute Gasteiger partial charge is 0.493 e. The van der Waals surface area contributed by atoms with E-state index in [4.69, 9.17) is 37.4 Å². The summed E-state index contributed by atoms with van der Waals surface area (Å²) >= 11 is 12.4. The molecule has 0 saturated heterocycles. The van der Waals surface area contributed by atoms with Crippen LogP contribution in [0.5, 0.6) is 11.5 Å². The summed E-state index contributed by atoms with van der Waals surface area (Å²) in [6.07, 6.45) is 2.07. The minimum Gasteiger partial charge on any atom is -0.493 e. The Morgan fingerprint density at radius 3 is 2.45 bits per heavy atom. The molecule has 8 nitrogen and oxygen atoms in total. The molecule has 0 spiro atoms. The predicted molar refractivity (Wildman–Crippen MR) is 128 cm³/mol. The second kappa shape index (κ2) is 13.7. The highest BCUT2D eigenvalue weighted by molar-refractivity contribution is 6.36. The molecule has 0 aliphatic heterocycles. The van der Waals surface area contributed by atoms with Crippen LogP contribution in [0.3, 0.4) is 0 Å². The van der Waals surface area contributed by atoms with Crippen LogP contribution >= 0.6 is 23.2 Å². The first-order chi connectivity index (χ1) is 15.8. The van der Waals surface area contributed by atoms with Gasteiger partial charge in [-0.05, 0) is 44.5 Å². The smallest absolute Gasteiger partial charge is 0.329 e. The highest BCUT2D eigenvalue weighted by Crippen LogP contribution is 2.32. The molecule has 33 heavy (non-hydrogen) atoms. The van der Waals surface area contributed by atoms with Gasteiger partial charge in [-0.25, -0.2) is 5.43 Å². The fraction of sp³-hybridized carbons (Fsp3) is 0.348. The number of benzene rings is 2. The van der Waals surface area contributed by atoms with Crippen LogP contribution < -0.4 is 20.2 Å². The van der Waals surface area contributed by atoms with Crippen LogP contribution in [0.15, 0.2) is 41.5 Å². The van der Waals surface area contributed by atoms with Crippen LogP contribution in [0.25, 0.3) is 0 Å². The average molecular weight is 496 g/mol. The fourth-order valence-corrected chi connectivity index (χ4v) is 3.16. The second-order valence-electron chi connectivity index (χ2n) is 7.10. The van der Waals surface area contributed by atoms with Crippen molar-refractivity contribution >= 4 is 41.2 Å². The number of nitrogens with zero attached hydrogens (tertiary/aromatic N) is 1. The van der Waals surface area contributed by atoms with Crippen molar-refractivity contribution in [2.75, 3.05) is 20.3 Å². The van der Waals surface area contributed by atoms with Gasteiger partial charge >= 0.3 is 11.8 Å². The van der Waals surface area contributed by atoms with E-state index in [1.807, 2.05) is 13.8 Å². The van der Waals surface area contributed by atoms with E-state index in [0.717, 1.165) is 0 Å². The SMILES string of the molecule is COc1cccc(/C=N\NC(=O)C(=O)NCCCOC(C)C)c1OCc1c(Cl)cccc1Cl. The van der Waals surface area contributed by atoms with Gasteiger partial charge in [0.25, 0.3) is 0 Å². The molecule has 0 heterocycles. The number of carbonyl (C=O) groups is 2. The molecule has 2 amide bonds. The van der Waals surface area contributed by atoms with Crippen LogP contribution in [-0.2, 0) is 20.9 Å². The maximum absolute atomic E-state index is 11.9. The van der Waals surface area contributed by atoms with Crippen molar-refractivity contribution < 1.29 is 23.8 Å². The molecule has 2 rings (SSSR count). The number of ether oxygens (including phenoxy) is 3. The van der Waals surface area contributed by atoms with E-state index in [9.17, 15) is 9.59 Å². The highest BCUT2D eigenvalue weighted by Gasteiger charge is 2.14. The monoisotopic (exact) mass is 495 g/mol. The summed E-state index contributed by atoms with van der Waals surface area (Å²) in [5.41, 5.74) is 3.34. The maximum Gasteiger partial charge on any atom is 0.329 e. The lowest BCUT2D eigenvalue weighted by atomic mass is 10.2. The summed E-state index contributed by atoms with van der Waals surface area (Å²) in [7, 11) is 1.50. The molecule has 0 atom stereocenters. The molecule has 0 unspecified atom stereocenters. The van der Waals surface area contributed by atoms with Crippen LogP contribution in [-0.4, -0.2) is 44.4 Å². The lowest BCUT2D eigenvalue weighted by Crippen LogP contribution is -2.38. The van der Waals surface area contributed by atoms with E-state index < -0.39 is 11.8 Å². The Kier molecular flexibility index (Phi) is 11.0. The van der Waals surface area contributed by atoms with Gasteiger partial charge in [-0.2, -0.15) is 5.10 Å². The van der Waals surface area contributed by atoms with Gasteiger partial charge in [0.15, 0.2) is 11.5 Å². The maximum atomic E-state index is 11.9. The molecule has 2 aromatic carbocycles. The zero-order chi connectivity index (χ0) is 24.2. The third kappa shape index (κ3) is 8.57. The Morgan fingerprint density at radius 2 is 1.79 bits per heavy atom. The number of hydrazone groups is 1. The molecule has 0 radical (unpaired) electrons. The first-order valence-corrected chi connectivity index (χ1v) is 11.0. The minimum absolute atomic E-state index is 0.0923. The number of methoxy groups -OCH3 is 1. The van der Waals surface area contributed by atoms with Crippen molar-refractivity contribution in [1.82, 2.24) is 10.7 Å². The van der Waals surface area contributed by atoms with E-state index in [1.54, 1.807) is 36.4 Å². The minimum atomic E-state index is -0.885. The van der Waals surface area contributed by atoms with Crippen LogP contribution in [0.4, 0.5) is 0 Å². The fourth-order valence-electron chi connectivity index (χ4n) is 2.65. The summed E-state index contributed by atoms with van der Waals surface area (Å²) in [4.78, 5) is 23.8. The molecule has 10 heteroatoms. The summed E-state index contributed by atoms with van der Waals surface area (Å²) in [5.74, 6) is -0.838. The zero-order valence-electron chi connectivity index (χ0n) is 18.7. The first-order valence-electron chi connectivity index (χ1n) is 10.3. The van der Waals surface area contributed by atoms with E-state index in [2.05, 4.69) is 15.8 Å². The normalized spacial score (nSPS) is 11.0. The molecule has 2 aromatic rings. The third-order valence-corrected chi connectivity index (χ3v) is 4.99. The third-order valence-electron chi connectivity index (χ3n) is 4.29. The van der Waals surface area contributed by atoms with Gasteiger partial charge < -0.3 is 19.5 Å². The average Bonchev–Trinajstić information content (AvgIpc) is 2.78. The lowest BCUT2D eigenvalue weighted by molar-refractivity contribution is -0.139. The standard InChI is InChI=1S/C23H27Cl2N3O5/c1-15(2)32-12-6-11-26-22(29)23(30)28-27-13-16-7-4-10-20(31-3)21(16)33-14-17-18(24)8-5-9-19(17)25/h4-5,7-10,13,15H,6,11-12,14H2,1-3H3,(H,26,29)(H,28,30)/b27-13-. The van der Waals surface area contributed by atoms with Gasteiger partial charge in [0.2, 0.25) is 0 Å². The van der Waals surface area contributed by atoms with Gasteiger partial charge in [-0.1, -0.05) is 35.3 Å². The summed E-state index contributed by atoms with van der Waals surface area (Å²) < 4.78 is 16.7. The summed E-state index contributed by atoms with van der Waals surface area (Å²) in [5, 5.41) is 7.32. The zero-order valence-corrected chi connectivity index (χ0v) is 20.2. The molecular formula is C23H27Cl2N3O5. The summed E-state index contributed by atoms with van der Waals surface area (Å²) in [6.45, 7) is 4.76. The molecule has 0 bridgehead atoms. The Labute approximate surface area is 203 Å². The lowest BCUT2D eigenvalue weighted by Gasteiger charge is -2.14. The molecule has 0 aliphatic carbocycles. The molecule has 0 saturated carbocycles. The van der Waals surface area contributed by atoms with E-state index in [0.29, 0.717) is 52.2 Å². The first kappa shape index (κ1) is 26.4. The van der Waals surface area contributed by atoms with Crippen molar-refractivity contribution in [3.63, 3.8) is 0 Å². The van der Waals surface area contributed by atoms with Gasteiger partial charge in [-0.15, -0.1) is 0 Å². The number of nitrogens with one attached hydrogen (secondary N) is 2. The van der Waals surface area contributed by atoms with Gasteiger partial charge in [0, 0.05) is 34.3 Å². The van der Waals surface area contributed by atoms with Crippen molar-refractivity contribution in [3.8, 4) is 11.5 Å².